The summed E-state index contributed by atoms with van der Waals surface area (Å²) >= 11 is 11.3. The van der Waals surface area contributed by atoms with Gasteiger partial charge in [0.1, 0.15) is 0 Å². The highest BCUT2D eigenvalue weighted by Crippen LogP contribution is 2.39. The van der Waals surface area contributed by atoms with Crippen LogP contribution in [0.25, 0.3) is 0 Å². The predicted octanol–water partition coefficient (Wildman–Crippen LogP) is 2.80. The number of rotatable bonds is 5. The van der Waals surface area contributed by atoms with Gasteiger partial charge in [0.05, 0.1) is 29.9 Å². The van der Waals surface area contributed by atoms with E-state index in [4.69, 9.17) is 33.3 Å². The fourth-order valence-electron chi connectivity index (χ4n) is 2.45. The van der Waals surface area contributed by atoms with Gasteiger partial charge >= 0.3 is 5.97 Å². The molecule has 2 rings (SSSR count). The third kappa shape index (κ3) is 3.73. The zero-order chi connectivity index (χ0) is 17.9. The van der Waals surface area contributed by atoms with E-state index in [9.17, 15) is 9.90 Å². The van der Waals surface area contributed by atoms with Crippen LogP contribution in [-0.2, 0) is 9.53 Å². The van der Waals surface area contributed by atoms with Crippen molar-refractivity contribution in [2.24, 2.45) is 0 Å². The van der Waals surface area contributed by atoms with Crippen LogP contribution in [0.3, 0.4) is 0 Å². The van der Waals surface area contributed by atoms with E-state index in [2.05, 4.69) is 10.6 Å². The van der Waals surface area contributed by atoms with E-state index >= 15 is 0 Å². The van der Waals surface area contributed by atoms with Gasteiger partial charge < -0.3 is 25.2 Å². The summed E-state index contributed by atoms with van der Waals surface area (Å²) in [6, 6.07) is 2.63. The molecule has 1 aliphatic heterocycles. The first kappa shape index (κ1) is 18.4. The zero-order valence-corrected chi connectivity index (χ0v) is 15.2. The molecule has 0 aromatic heterocycles. The van der Waals surface area contributed by atoms with Gasteiger partial charge in [-0.05, 0) is 50.7 Å². The molecule has 0 radical (unpaired) electrons. The second-order valence-electron chi connectivity index (χ2n) is 5.07. The van der Waals surface area contributed by atoms with Crippen LogP contribution in [0.2, 0.25) is 5.02 Å². The van der Waals surface area contributed by atoms with Crippen LogP contribution < -0.4 is 15.4 Å². The second kappa shape index (κ2) is 7.72. The molecule has 0 bridgehead atoms. The molecule has 24 heavy (non-hydrogen) atoms. The third-order valence-electron chi connectivity index (χ3n) is 3.45. The van der Waals surface area contributed by atoms with E-state index in [1.165, 1.54) is 0 Å². The van der Waals surface area contributed by atoms with Crippen molar-refractivity contribution in [3.8, 4) is 11.5 Å². The number of esters is 1. The van der Waals surface area contributed by atoms with Crippen molar-refractivity contribution in [2.45, 2.75) is 26.8 Å². The standard InChI is InChI=1S/C16H19ClN2O4S/c1-4-22-11-7-9(6-10(17)14(11)20)13-12(15(21)23-5-2)8(3)18-16(24)19-13/h6-7,13,20H,4-5H2,1-3H3,(H2,18,19,24)/t13-/m1/s1. The van der Waals surface area contributed by atoms with E-state index in [0.29, 0.717) is 28.6 Å². The Hall–Kier alpha value is -1.99. The molecule has 6 nitrogen and oxygen atoms in total. The van der Waals surface area contributed by atoms with Crippen molar-refractivity contribution >= 4 is 34.9 Å². The first-order valence-corrected chi connectivity index (χ1v) is 8.28. The fraction of sp³-hybridized carbons (Fsp3) is 0.375. The van der Waals surface area contributed by atoms with Gasteiger partial charge in [0.25, 0.3) is 0 Å². The number of hydrogen-bond acceptors (Lipinski definition) is 5. The van der Waals surface area contributed by atoms with Gasteiger partial charge in [-0.15, -0.1) is 0 Å². The maximum absolute atomic E-state index is 12.3. The minimum Gasteiger partial charge on any atom is -0.503 e. The molecule has 130 valence electrons. The Kier molecular flexibility index (Phi) is 5.90. The van der Waals surface area contributed by atoms with Crippen molar-refractivity contribution in [3.05, 3.63) is 34.0 Å². The predicted molar refractivity (Wildman–Crippen MR) is 95.2 cm³/mol. The van der Waals surface area contributed by atoms with Gasteiger partial charge in [-0.2, -0.15) is 0 Å². The summed E-state index contributed by atoms with van der Waals surface area (Å²) in [5, 5.41) is 16.5. The number of hydrogen-bond donors (Lipinski definition) is 3. The molecule has 0 unspecified atom stereocenters. The maximum Gasteiger partial charge on any atom is 0.338 e. The minimum absolute atomic E-state index is 0.128. The molecule has 0 aliphatic carbocycles. The largest absolute Gasteiger partial charge is 0.503 e. The number of halogens is 1. The second-order valence-corrected chi connectivity index (χ2v) is 5.89. The number of phenols is 1. The van der Waals surface area contributed by atoms with Gasteiger partial charge in [0.2, 0.25) is 0 Å². The summed E-state index contributed by atoms with van der Waals surface area (Å²) < 4.78 is 10.5. The van der Waals surface area contributed by atoms with Crippen molar-refractivity contribution < 1.29 is 19.4 Å². The van der Waals surface area contributed by atoms with Crippen LogP contribution in [-0.4, -0.2) is 29.4 Å². The monoisotopic (exact) mass is 370 g/mol. The van der Waals surface area contributed by atoms with Crippen molar-refractivity contribution in [1.82, 2.24) is 10.6 Å². The number of phenolic OH excluding ortho intramolecular Hbond substituents is 1. The summed E-state index contributed by atoms with van der Waals surface area (Å²) in [7, 11) is 0. The number of carbonyl (C=O) groups excluding carboxylic acids is 1. The Morgan fingerprint density at radius 1 is 1.38 bits per heavy atom. The van der Waals surface area contributed by atoms with Gasteiger partial charge in [0.15, 0.2) is 16.6 Å². The summed E-state index contributed by atoms with van der Waals surface area (Å²) in [4.78, 5) is 12.3. The van der Waals surface area contributed by atoms with E-state index in [0.717, 1.165) is 0 Å². The molecule has 0 saturated heterocycles. The molecule has 0 saturated carbocycles. The molecule has 1 heterocycles. The molecule has 1 atom stereocenters. The van der Waals surface area contributed by atoms with Gasteiger partial charge in [-0.25, -0.2) is 4.79 Å². The molecule has 3 N–H and O–H groups in total. The van der Waals surface area contributed by atoms with Gasteiger partial charge in [-0.3, -0.25) is 0 Å². The highest BCUT2D eigenvalue weighted by Gasteiger charge is 2.31. The lowest BCUT2D eigenvalue weighted by molar-refractivity contribution is -0.139. The van der Waals surface area contributed by atoms with Crippen LogP contribution in [0.5, 0.6) is 11.5 Å². The number of ether oxygens (including phenoxy) is 2. The maximum atomic E-state index is 12.3. The highest BCUT2D eigenvalue weighted by atomic mass is 35.5. The van der Waals surface area contributed by atoms with E-state index in [1.807, 2.05) is 0 Å². The summed E-state index contributed by atoms with van der Waals surface area (Å²) in [5.74, 6) is -0.353. The Morgan fingerprint density at radius 3 is 2.71 bits per heavy atom. The molecule has 0 fully saturated rings. The highest BCUT2D eigenvalue weighted by molar-refractivity contribution is 7.80. The third-order valence-corrected chi connectivity index (χ3v) is 3.96. The lowest BCUT2D eigenvalue weighted by atomic mass is 9.95. The average Bonchev–Trinajstić information content (AvgIpc) is 2.51. The Labute approximate surface area is 150 Å². The molecule has 1 aliphatic rings. The number of aromatic hydroxyl groups is 1. The minimum atomic E-state index is -0.560. The van der Waals surface area contributed by atoms with Crippen molar-refractivity contribution in [3.63, 3.8) is 0 Å². The number of thiocarbonyl (C=S) groups is 1. The van der Waals surface area contributed by atoms with Gasteiger partial charge in [0, 0.05) is 5.70 Å². The van der Waals surface area contributed by atoms with E-state index < -0.39 is 12.0 Å². The number of nitrogens with one attached hydrogen (secondary N) is 2. The van der Waals surface area contributed by atoms with Crippen LogP contribution in [0, 0.1) is 0 Å². The summed E-state index contributed by atoms with van der Waals surface area (Å²) in [5.41, 5.74) is 1.63. The van der Waals surface area contributed by atoms with Crippen LogP contribution in [0.1, 0.15) is 32.4 Å². The van der Waals surface area contributed by atoms with Crippen LogP contribution in [0.4, 0.5) is 0 Å². The van der Waals surface area contributed by atoms with Crippen LogP contribution >= 0.6 is 23.8 Å². The first-order chi connectivity index (χ1) is 11.4. The lowest BCUT2D eigenvalue weighted by Gasteiger charge is -2.30. The van der Waals surface area contributed by atoms with Crippen LogP contribution in [0.15, 0.2) is 23.4 Å². The molecule has 0 amide bonds. The van der Waals surface area contributed by atoms with E-state index in [-0.39, 0.29) is 23.1 Å². The van der Waals surface area contributed by atoms with Crippen molar-refractivity contribution in [1.29, 1.82) is 0 Å². The van der Waals surface area contributed by atoms with E-state index in [1.54, 1.807) is 32.9 Å². The normalized spacial score (nSPS) is 17.2. The lowest BCUT2D eigenvalue weighted by Crippen LogP contribution is -2.45. The van der Waals surface area contributed by atoms with Crippen molar-refractivity contribution in [2.75, 3.05) is 13.2 Å². The quantitative estimate of drug-likeness (QED) is 0.543. The first-order valence-electron chi connectivity index (χ1n) is 7.49. The molecule has 8 heteroatoms. The van der Waals surface area contributed by atoms with Gasteiger partial charge in [-0.1, -0.05) is 11.6 Å². The number of benzene rings is 1. The number of allylic oxidation sites excluding steroid dienone is 1. The zero-order valence-electron chi connectivity index (χ0n) is 13.6. The molecule has 1 aromatic rings. The Balaban J connectivity index is 2.53. The molecular weight excluding hydrogens is 352 g/mol. The Morgan fingerprint density at radius 2 is 2.08 bits per heavy atom. The Bertz CT molecular complexity index is 706. The fourth-order valence-corrected chi connectivity index (χ4v) is 2.94. The summed E-state index contributed by atoms with van der Waals surface area (Å²) in [6.07, 6.45) is 0. The SMILES string of the molecule is CCOC(=O)C1=C(C)NC(=S)N[C@@H]1c1cc(Cl)c(O)c(OCC)c1. The average molecular weight is 371 g/mol. The molecule has 0 spiro atoms. The molecule has 1 aromatic carbocycles. The summed E-state index contributed by atoms with van der Waals surface area (Å²) in [6.45, 7) is 5.91. The molecular formula is C16H19ClN2O4S. The number of carbonyl (C=O) groups is 1. The topological polar surface area (TPSA) is 79.8 Å². The smallest absolute Gasteiger partial charge is 0.338 e.